The van der Waals surface area contributed by atoms with Gasteiger partial charge in [0.15, 0.2) is 0 Å². The highest BCUT2D eigenvalue weighted by Gasteiger charge is 2.16. The lowest BCUT2D eigenvalue weighted by Gasteiger charge is -2.26. The lowest BCUT2D eigenvalue weighted by Crippen LogP contribution is -2.09. The molecule has 0 saturated heterocycles. The molecule has 0 amide bonds. The van der Waals surface area contributed by atoms with E-state index in [0.717, 1.165) is 82.9 Å². The van der Waals surface area contributed by atoms with E-state index in [4.69, 9.17) is 19.9 Å². The van der Waals surface area contributed by atoms with Gasteiger partial charge in [-0.05, 0) is 127 Å². The van der Waals surface area contributed by atoms with Crippen molar-refractivity contribution in [1.29, 1.82) is 0 Å². The normalized spacial score (nSPS) is 11.7. The number of aromatic nitrogens is 4. The predicted molar refractivity (Wildman–Crippen MR) is 271 cm³/mol. The van der Waals surface area contributed by atoms with Gasteiger partial charge in [-0.25, -0.2) is 0 Å². The van der Waals surface area contributed by atoms with E-state index in [1.807, 2.05) is 61.2 Å². The third kappa shape index (κ3) is 6.40. The van der Waals surface area contributed by atoms with E-state index in [1.54, 1.807) is 0 Å². The number of rotatable bonds is 6. The molecule has 0 aliphatic heterocycles. The van der Waals surface area contributed by atoms with Gasteiger partial charge < -0.3 is 4.90 Å². The summed E-state index contributed by atoms with van der Waals surface area (Å²) in [6, 6.07) is 71.7. The van der Waals surface area contributed by atoms with E-state index in [0.29, 0.717) is 0 Å². The Morgan fingerprint density at radius 1 is 0.246 bits per heavy atom. The number of pyridine rings is 4. The van der Waals surface area contributed by atoms with Crippen LogP contribution in [0.2, 0.25) is 0 Å². The van der Waals surface area contributed by atoms with E-state index < -0.39 is 0 Å². The van der Waals surface area contributed by atoms with Crippen LogP contribution in [0.1, 0.15) is 0 Å². The Labute approximate surface area is 374 Å². The minimum absolute atomic E-state index is 0.950. The molecule has 5 heteroatoms. The molecule has 13 aromatic rings. The number of nitrogens with zero attached hydrogens (tertiary/aromatic N) is 5. The van der Waals surface area contributed by atoms with Crippen molar-refractivity contribution in [3.8, 4) is 33.4 Å². The van der Waals surface area contributed by atoms with E-state index in [9.17, 15) is 0 Å². The summed E-state index contributed by atoms with van der Waals surface area (Å²) in [6.07, 6.45) is 7.79. The molecule has 13 rings (SSSR count). The number of fused-ring (bicyclic) bond motifs is 10. The topological polar surface area (TPSA) is 54.8 Å². The van der Waals surface area contributed by atoms with Crippen molar-refractivity contribution in [2.24, 2.45) is 0 Å². The molecule has 0 spiro atoms. The van der Waals surface area contributed by atoms with Gasteiger partial charge in [0, 0.05) is 74.5 Å². The number of benzene rings is 9. The summed E-state index contributed by atoms with van der Waals surface area (Å²) in [5.41, 5.74) is 13.7. The summed E-state index contributed by atoms with van der Waals surface area (Å²) >= 11 is 0. The van der Waals surface area contributed by atoms with Crippen molar-refractivity contribution in [1.82, 2.24) is 19.9 Å². The molecule has 0 bridgehead atoms. The molecule has 4 heterocycles. The SMILES string of the molecule is c1ccc2cc(-c3ccc4c(ccc5cc(N(c6ccc(-c7cnc8c(cnc9ccccc98)c7)cc6)c6ccc(-c7cnc8c(cnc9ccccc98)c7)cc6)ccc54)c3)ccc2c1. The zero-order valence-corrected chi connectivity index (χ0v) is 35.1. The van der Waals surface area contributed by atoms with Crippen LogP contribution in [0.3, 0.4) is 0 Å². The Hall–Kier alpha value is -8.80. The first-order valence-corrected chi connectivity index (χ1v) is 21.9. The van der Waals surface area contributed by atoms with Gasteiger partial charge in [-0.15, -0.1) is 0 Å². The minimum Gasteiger partial charge on any atom is -0.310 e. The summed E-state index contributed by atoms with van der Waals surface area (Å²) < 4.78 is 0. The van der Waals surface area contributed by atoms with Gasteiger partial charge in [-0.3, -0.25) is 19.9 Å². The molecule has 0 aliphatic rings. The van der Waals surface area contributed by atoms with Gasteiger partial charge in [0.2, 0.25) is 0 Å². The Morgan fingerprint density at radius 2 is 0.677 bits per heavy atom. The average Bonchev–Trinajstić information content (AvgIpc) is 3.38. The monoisotopic (exact) mass is 827 g/mol. The molecule has 0 atom stereocenters. The fourth-order valence-corrected chi connectivity index (χ4v) is 9.58. The highest BCUT2D eigenvalue weighted by Crippen LogP contribution is 2.40. The van der Waals surface area contributed by atoms with E-state index in [1.165, 1.54) is 43.4 Å². The van der Waals surface area contributed by atoms with Crippen LogP contribution in [0.5, 0.6) is 0 Å². The molecular weight excluding hydrogens is 791 g/mol. The van der Waals surface area contributed by atoms with Gasteiger partial charge in [0.05, 0.1) is 22.1 Å². The summed E-state index contributed by atoms with van der Waals surface area (Å²) in [5, 5.41) is 11.5. The van der Waals surface area contributed by atoms with Crippen LogP contribution < -0.4 is 4.90 Å². The van der Waals surface area contributed by atoms with E-state index >= 15 is 0 Å². The molecule has 302 valence electrons. The Morgan fingerprint density at radius 3 is 1.28 bits per heavy atom. The van der Waals surface area contributed by atoms with Crippen LogP contribution in [0.4, 0.5) is 17.1 Å². The molecule has 0 radical (unpaired) electrons. The molecule has 9 aromatic carbocycles. The molecule has 0 N–H and O–H groups in total. The highest BCUT2D eigenvalue weighted by molar-refractivity contribution is 6.10. The Balaban J connectivity index is 0.882. The predicted octanol–water partition coefficient (Wildman–Crippen LogP) is 15.8. The van der Waals surface area contributed by atoms with Gasteiger partial charge in [0.1, 0.15) is 0 Å². The van der Waals surface area contributed by atoms with Gasteiger partial charge >= 0.3 is 0 Å². The Bertz CT molecular complexity index is 3850. The summed E-state index contributed by atoms with van der Waals surface area (Å²) in [7, 11) is 0. The number of para-hydroxylation sites is 2. The zero-order chi connectivity index (χ0) is 42.8. The van der Waals surface area contributed by atoms with Crippen molar-refractivity contribution in [3.63, 3.8) is 0 Å². The number of anilines is 3. The second-order valence-electron chi connectivity index (χ2n) is 16.8. The van der Waals surface area contributed by atoms with Crippen molar-refractivity contribution in [2.75, 3.05) is 4.90 Å². The maximum atomic E-state index is 4.92. The van der Waals surface area contributed by atoms with Gasteiger partial charge in [-0.1, -0.05) is 127 Å². The van der Waals surface area contributed by atoms with Crippen molar-refractivity contribution in [2.45, 2.75) is 0 Å². The van der Waals surface area contributed by atoms with Gasteiger partial charge in [-0.2, -0.15) is 0 Å². The maximum absolute atomic E-state index is 4.92. The molecule has 0 fully saturated rings. The van der Waals surface area contributed by atoms with Gasteiger partial charge in [0.25, 0.3) is 0 Å². The molecular formula is C60H37N5. The third-order valence-electron chi connectivity index (χ3n) is 12.9. The largest absolute Gasteiger partial charge is 0.310 e. The standard InChI is InChI=1S/C60H37N5/c1-2-8-41-29-42(14-13-38(41)7-1)43-21-27-53-44(30-43)15-16-45-33-52(26-28-54(45)53)65(50-22-17-39(18-23-50)46-31-48-36-61-57-11-5-3-9-55(57)59(48)63-34-46)51-24-19-40(20-25-51)47-32-49-37-62-58-12-6-4-10-56(58)60(49)64-35-47/h1-37H. The van der Waals surface area contributed by atoms with Crippen molar-refractivity contribution < 1.29 is 0 Å². The third-order valence-corrected chi connectivity index (χ3v) is 12.9. The van der Waals surface area contributed by atoms with Crippen LogP contribution >= 0.6 is 0 Å². The minimum atomic E-state index is 0.950. The highest BCUT2D eigenvalue weighted by atomic mass is 15.1. The lowest BCUT2D eigenvalue weighted by atomic mass is 9.96. The summed E-state index contributed by atoms with van der Waals surface area (Å²) in [6.45, 7) is 0. The zero-order valence-electron chi connectivity index (χ0n) is 35.1. The fourth-order valence-electron chi connectivity index (χ4n) is 9.58. The molecule has 5 nitrogen and oxygen atoms in total. The molecule has 4 aromatic heterocycles. The van der Waals surface area contributed by atoms with Crippen LogP contribution in [-0.4, -0.2) is 19.9 Å². The average molecular weight is 828 g/mol. The molecule has 0 unspecified atom stereocenters. The first-order valence-electron chi connectivity index (χ1n) is 21.9. The molecule has 65 heavy (non-hydrogen) atoms. The lowest BCUT2D eigenvalue weighted by molar-refractivity contribution is 1.29. The molecule has 0 saturated carbocycles. The summed E-state index contributed by atoms with van der Waals surface area (Å²) in [5.74, 6) is 0. The van der Waals surface area contributed by atoms with Crippen LogP contribution in [-0.2, 0) is 0 Å². The maximum Gasteiger partial charge on any atom is 0.0811 e. The van der Waals surface area contributed by atoms with Crippen molar-refractivity contribution in [3.05, 3.63) is 225 Å². The first kappa shape index (κ1) is 36.8. The number of hydrogen-bond donors (Lipinski definition) is 0. The van der Waals surface area contributed by atoms with Crippen LogP contribution in [0.25, 0.3) is 109 Å². The first-order chi connectivity index (χ1) is 32.2. The van der Waals surface area contributed by atoms with E-state index in [-0.39, 0.29) is 0 Å². The fraction of sp³-hybridized carbons (Fsp3) is 0. The quantitative estimate of drug-likeness (QED) is 0.156. The van der Waals surface area contributed by atoms with Crippen LogP contribution in [0.15, 0.2) is 225 Å². The van der Waals surface area contributed by atoms with Crippen LogP contribution in [0, 0.1) is 0 Å². The van der Waals surface area contributed by atoms with E-state index in [2.05, 4.69) is 169 Å². The molecule has 0 aliphatic carbocycles. The van der Waals surface area contributed by atoms with Crippen molar-refractivity contribution >= 4 is 93.0 Å². The second-order valence-corrected chi connectivity index (χ2v) is 16.8. The second kappa shape index (κ2) is 14.9. The smallest absolute Gasteiger partial charge is 0.0811 e. The number of hydrogen-bond acceptors (Lipinski definition) is 5. The summed E-state index contributed by atoms with van der Waals surface area (Å²) in [4.78, 5) is 21.6. The Kier molecular flexibility index (Phi) is 8.46.